The third-order valence-corrected chi connectivity index (χ3v) is 2.58. The van der Waals surface area contributed by atoms with Gasteiger partial charge in [-0.05, 0) is 30.2 Å². The Labute approximate surface area is 87.4 Å². The Kier molecular flexibility index (Phi) is 2.30. The van der Waals surface area contributed by atoms with Gasteiger partial charge in [-0.25, -0.2) is 4.79 Å². The van der Waals surface area contributed by atoms with E-state index in [4.69, 9.17) is 10.4 Å². The van der Waals surface area contributed by atoms with Crippen molar-refractivity contribution >= 4 is 11.7 Å². The molecule has 0 fully saturated rings. The fourth-order valence-electron chi connectivity index (χ4n) is 1.85. The van der Waals surface area contributed by atoms with Gasteiger partial charge in [0.05, 0.1) is 11.6 Å². The number of carbonyl (C=O) groups is 1. The number of hydrogen-bond donors (Lipinski definition) is 1. The first-order valence-electron chi connectivity index (χ1n) is 4.70. The van der Waals surface area contributed by atoms with Gasteiger partial charge in [0.15, 0.2) is 0 Å². The van der Waals surface area contributed by atoms with Crippen LogP contribution in [-0.4, -0.2) is 24.2 Å². The Morgan fingerprint density at radius 2 is 2.40 bits per heavy atom. The van der Waals surface area contributed by atoms with E-state index >= 15 is 0 Å². The predicted octanol–water partition coefficient (Wildman–Crippen LogP) is 1.27. The van der Waals surface area contributed by atoms with Crippen LogP contribution in [0.25, 0.3) is 0 Å². The summed E-state index contributed by atoms with van der Waals surface area (Å²) in [5.74, 6) is -0.906. The number of nitriles is 1. The zero-order valence-corrected chi connectivity index (χ0v) is 8.10. The highest BCUT2D eigenvalue weighted by Crippen LogP contribution is 2.28. The van der Waals surface area contributed by atoms with E-state index in [1.54, 1.807) is 18.2 Å². The van der Waals surface area contributed by atoms with Crippen molar-refractivity contribution in [2.45, 2.75) is 6.42 Å². The number of anilines is 1. The van der Waals surface area contributed by atoms with Gasteiger partial charge in [0.25, 0.3) is 0 Å². The van der Waals surface area contributed by atoms with Gasteiger partial charge in [-0.1, -0.05) is 0 Å². The fourth-order valence-corrected chi connectivity index (χ4v) is 1.85. The first kappa shape index (κ1) is 9.53. The van der Waals surface area contributed by atoms with Gasteiger partial charge in [0, 0.05) is 12.2 Å². The van der Waals surface area contributed by atoms with Crippen molar-refractivity contribution in [2.24, 2.45) is 0 Å². The standard InChI is InChI=1S/C11H10N2O2/c12-4-6-13-5-3-8-7-9(11(14)15)1-2-10(8)13/h1-2,7H,3,5-6H2,(H,14,15). The van der Waals surface area contributed by atoms with Crippen molar-refractivity contribution in [3.05, 3.63) is 29.3 Å². The first-order valence-corrected chi connectivity index (χ1v) is 4.70. The van der Waals surface area contributed by atoms with E-state index in [-0.39, 0.29) is 0 Å². The molecular weight excluding hydrogens is 192 g/mol. The highest BCUT2D eigenvalue weighted by atomic mass is 16.4. The van der Waals surface area contributed by atoms with Crippen LogP contribution in [0, 0.1) is 11.3 Å². The summed E-state index contributed by atoms with van der Waals surface area (Å²) in [5, 5.41) is 17.4. The minimum absolute atomic E-state index is 0.313. The number of carboxylic acid groups (broad SMARTS) is 1. The second-order valence-corrected chi connectivity index (χ2v) is 3.48. The second kappa shape index (κ2) is 3.62. The van der Waals surface area contributed by atoms with E-state index in [0.717, 1.165) is 24.2 Å². The average molecular weight is 202 g/mol. The highest BCUT2D eigenvalue weighted by molar-refractivity contribution is 5.88. The molecule has 0 amide bonds. The quantitative estimate of drug-likeness (QED) is 0.733. The summed E-state index contributed by atoms with van der Waals surface area (Å²) >= 11 is 0. The van der Waals surface area contributed by atoms with Crippen molar-refractivity contribution in [3.8, 4) is 6.07 Å². The largest absolute Gasteiger partial charge is 0.478 e. The molecule has 76 valence electrons. The lowest BCUT2D eigenvalue weighted by Gasteiger charge is -2.14. The lowest BCUT2D eigenvalue weighted by molar-refractivity contribution is 0.0697. The Morgan fingerprint density at radius 3 is 3.07 bits per heavy atom. The zero-order valence-electron chi connectivity index (χ0n) is 8.10. The normalized spacial score (nSPS) is 13.4. The van der Waals surface area contributed by atoms with Gasteiger partial charge in [-0.2, -0.15) is 5.26 Å². The summed E-state index contributed by atoms with van der Waals surface area (Å²) in [4.78, 5) is 12.7. The molecule has 0 atom stereocenters. The Morgan fingerprint density at radius 1 is 1.60 bits per heavy atom. The molecule has 1 aromatic carbocycles. The Hall–Kier alpha value is -2.02. The third-order valence-electron chi connectivity index (χ3n) is 2.58. The van der Waals surface area contributed by atoms with Gasteiger partial charge in [0.2, 0.25) is 0 Å². The molecule has 0 bridgehead atoms. The molecule has 0 spiro atoms. The molecule has 0 unspecified atom stereocenters. The van der Waals surface area contributed by atoms with Crippen LogP contribution < -0.4 is 4.90 Å². The van der Waals surface area contributed by atoms with E-state index in [1.165, 1.54) is 0 Å². The summed E-state index contributed by atoms with van der Waals surface area (Å²) in [6.45, 7) is 1.16. The van der Waals surface area contributed by atoms with Gasteiger partial charge in [-0.3, -0.25) is 0 Å². The monoisotopic (exact) mass is 202 g/mol. The van der Waals surface area contributed by atoms with Crippen LogP contribution in [0.2, 0.25) is 0 Å². The van der Waals surface area contributed by atoms with Crippen molar-refractivity contribution in [3.63, 3.8) is 0 Å². The summed E-state index contributed by atoms with van der Waals surface area (Å²) < 4.78 is 0. The number of fused-ring (bicyclic) bond motifs is 1. The summed E-state index contributed by atoms with van der Waals surface area (Å²) in [7, 11) is 0. The molecule has 1 aliphatic heterocycles. The van der Waals surface area contributed by atoms with Crippen molar-refractivity contribution < 1.29 is 9.90 Å². The molecule has 15 heavy (non-hydrogen) atoms. The number of benzene rings is 1. The Bertz CT molecular complexity index is 448. The molecule has 1 aromatic rings. The van der Waals surface area contributed by atoms with Crippen LogP contribution in [0.15, 0.2) is 18.2 Å². The van der Waals surface area contributed by atoms with E-state index in [9.17, 15) is 4.79 Å². The maximum absolute atomic E-state index is 10.7. The summed E-state index contributed by atoms with van der Waals surface area (Å²) in [5.41, 5.74) is 2.32. The molecule has 2 rings (SSSR count). The molecule has 4 nitrogen and oxygen atoms in total. The van der Waals surface area contributed by atoms with E-state index in [0.29, 0.717) is 12.1 Å². The zero-order chi connectivity index (χ0) is 10.8. The number of nitrogens with zero attached hydrogens (tertiary/aromatic N) is 2. The molecule has 1 N–H and O–H groups in total. The van der Waals surface area contributed by atoms with Gasteiger partial charge in [0.1, 0.15) is 6.54 Å². The number of hydrogen-bond acceptors (Lipinski definition) is 3. The Balaban J connectivity index is 2.34. The van der Waals surface area contributed by atoms with E-state index in [2.05, 4.69) is 6.07 Å². The van der Waals surface area contributed by atoms with Gasteiger partial charge >= 0.3 is 5.97 Å². The van der Waals surface area contributed by atoms with E-state index < -0.39 is 5.97 Å². The fraction of sp³-hybridized carbons (Fsp3) is 0.273. The minimum Gasteiger partial charge on any atom is -0.478 e. The van der Waals surface area contributed by atoms with E-state index in [1.807, 2.05) is 4.90 Å². The molecule has 0 saturated heterocycles. The molecule has 0 radical (unpaired) electrons. The smallest absolute Gasteiger partial charge is 0.335 e. The predicted molar refractivity (Wildman–Crippen MR) is 54.9 cm³/mol. The van der Waals surface area contributed by atoms with Crippen LogP contribution >= 0.6 is 0 Å². The minimum atomic E-state index is -0.906. The molecule has 4 heteroatoms. The third kappa shape index (κ3) is 1.64. The van der Waals surface area contributed by atoms with Crippen LogP contribution in [0.3, 0.4) is 0 Å². The summed E-state index contributed by atoms with van der Waals surface area (Å²) in [6, 6.07) is 7.15. The number of rotatable bonds is 2. The van der Waals surface area contributed by atoms with Gasteiger partial charge < -0.3 is 10.0 Å². The van der Waals surface area contributed by atoms with Gasteiger partial charge in [-0.15, -0.1) is 0 Å². The number of aromatic carboxylic acids is 1. The van der Waals surface area contributed by atoms with Crippen molar-refractivity contribution in [1.29, 1.82) is 5.26 Å². The molecule has 0 saturated carbocycles. The molecule has 1 heterocycles. The molecule has 0 aliphatic carbocycles. The second-order valence-electron chi connectivity index (χ2n) is 3.48. The van der Waals surface area contributed by atoms with Crippen molar-refractivity contribution in [2.75, 3.05) is 18.0 Å². The topological polar surface area (TPSA) is 64.3 Å². The van der Waals surface area contributed by atoms with Crippen LogP contribution in [0.4, 0.5) is 5.69 Å². The number of carboxylic acids is 1. The SMILES string of the molecule is N#CCN1CCc2cc(C(=O)O)ccc21. The molecule has 0 aromatic heterocycles. The first-order chi connectivity index (χ1) is 7.22. The summed E-state index contributed by atoms with van der Waals surface area (Å²) in [6.07, 6.45) is 0.818. The average Bonchev–Trinajstić information content (AvgIpc) is 2.61. The van der Waals surface area contributed by atoms with Crippen molar-refractivity contribution in [1.82, 2.24) is 0 Å². The lowest BCUT2D eigenvalue weighted by Crippen LogP contribution is -2.20. The van der Waals surface area contributed by atoms with Crippen LogP contribution in [0.5, 0.6) is 0 Å². The molecular formula is C11H10N2O2. The lowest BCUT2D eigenvalue weighted by atomic mass is 10.1. The highest BCUT2D eigenvalue weighted by Gasteiger charge is 2.19. The van der Waals surface area contributed by atoms with Crippen LogP contribution in [-0.2, 0) is 6.42 Å². The maximum atomic E-state index is 10.7. The van der Waals surface area contributed by atoms with Crippen LogP contribution in [0.1, 0.15) is 15.9 Å². The molecule has 1 aliphatic rings. The maximum Gasteiger partial charge on any atom is 0.335 e.